The second-order valence-electron chi connectivity index (χ2n) is 6.74. The Morgan fingerprint density at radius 2 is 1.92 bits per heavy atom. The van der Waals surface area contributed by atoms with Crippen molar-refractivity contribution >= 4 is 17.8 Å². The van der Waals surface area contributed by atoms with Crippen LogP contribution >= 0.6 is 0 Å². The van der Waals surface area contributed by atoms with E-state index in [1.54, 1.807) is 18.2 Å². The topological polar surface area (TPSA) is 88.2 Å². The average molecular weight is 359 g/mol. The Kier molecular flexibility index (Phi) is 4.40. The molecule has 8 nitrogen and oxygen atoms in total. The van der Waals surface area contributed by atoms with Crippen molar-refractivity contribution < 1.29 is 23.9 Å². The molecule has 0 bridgehead atoms. The van der Waals surface area contributed by atoms with Gasteiger partial charge in [-0.3, -0.25) is 14.5 Å². The number of amides is 4. The molecule has 0 aromatic heterocycles. The van der Waals surface area contributed by atoms with Crippen LogP contribution in [0.4, 0.5) is 4.79 Å². The lowest BCUT2D eigenvalue weighted by Crippen LogP contribution is -2.33. The summed E-state index contributed by atoms with van der Waals surface area (Å²) in [5.74, 6) is 1.03. The number of ether oxygens (including phenoxy) is 2. The highest BCUT2D eigenvalue weighted by Crippen LogP contribution is 2.33. The first-order valence-electron chi connectivity index (χ1n) is 8.90. The summed E-state index contributed by atoms with van der Waals surface area (Å²) in [6.45, 7) is 1.92. The molecule has 2 saturated heterocycles. The van der Waals surface area contributed by atoms with E-state index in [0.29, 0.717) is 17.9 Å². The molecular weight excluding hydrogens is 338 g/mol. The molecule has 3 aliphatic rings. The third-order valence-corrected chi connectivity index (χ3v) is 4.99. The second kappa shape index (κ2) is 6.86. The summed E-state index contributed by atoms with van der Waals surface area (Å²) in [7, 11) is 0. The maximum absolute atomic E-state index is 12.5. The van der Waals surface area contributed by atoms with Crippen LogP contribution in [0.2, 0.25) is 0 Å². The van der Waals surface area contributed by atoms with Crippen molar-refractivity contribution in [2.24, 2.45) is 0 Å². The number of nitrogens with one attached hydrogen (secondary N) is 1. The van der Waals surface area contributed by atoms with E-state index in [1.165, 1.54) is 4.90 Å². The van der Waals surface area contributed by atoms with Gasteiger partial charge in [0.1, 0.15) is 6.04 Å². The molecule has 0 spiro atoms. The zero-order valence-electron chi connectivity index (χ0n) is 14.4. The zero-order chi connectivity index (χ0) is 18.1. The number of carbonyl (C=O) groups is 3. The molecule has 3 heterocycles. The number of rotatable bonds is 5. The van der Waals surface area contributed by atoms with Crippen molar-refractivity contribution in [3.05, 3.63) is 23.8 Å². The standard InChI is InChI=1S/C18H21N3O5/c22-16(20-7-1-2-8-20)6-4-13-17(23)21(18(24)19-13)10-12-3-5-14-15(9-12)26-11-25-14/h3,5,9,13H,1-2,4,6-8,10-11H2,(H,19,24). The zero-order valence-corrected chi connectivity index (χ0v) is 14.4. The summed E-state index contributed by atoms with van der Waals surface area (Å²) in [5, 5.41) is 2.68. The minimum atomic E-state index is -0.636. The minimum absolute atomic E-state index is 0.0544. The lowest BCUT2D eigenvalue weighted by Gasteiger charge is -2.16. The lowest BCUT2D eigenvalue weighted by atomic mass is 10.1. The first-order valence-corrected chi connectivity index (χ1v) is 8.90. The SMILES string of the molecule is O=C(CCC1NC(=O)N(Cc2ccc3c(c2)OCO3)C1=O)N1CCCC1. The van der Waals surface area contributed by atoms with Crippen LogP contribution in [-0.4, -0.2) is 53.6 Å². The molecule has 0 saturated carbocycles. The van der Waals surface area contributed by atoms with E-state index in [2.05, 4.69) is 5.32 Å². The van der Waals surface area contributed by atoms with Crippen molar-refractivity contribution in [3.8, 4) is 11.5 Å². The Bertz CT molecular complexity index is 744. The van der Waals surface area contributed by atoms with E-state index in [4.69, 9.17) is 9.47 Å². The lowest BCUT2D eigenvalue weighted by molar-refractivity contribution is -0.131. The highest BCUT2D eigenvalue weighted by molar-refractivity contribution is 6.04. The van der Waals surface area contributed by atoms with Crippen LogP contribution in [0.5, 0.6) is 11.5 Å². The predicted molar refractivity (Wildman–Crippen MR) is 90.5 cm³/mol. The molecule has 0 radical (unpaired) electrons. The summed E-state index contributed by atoms with van der Waals surface area (Å²) in [5.41, 5.74) is 0.784. The van der Waals surface area contributed by atoms with Gasteiger partial charge in [-0.15, -0.1) is 0 Å². The predicted octanol–water partition coefficient (Wildman–Crippen LogP) is 1.24. The van der Waals surface area contributed by atoms with Gasteiger partial charge in [-0.25, -0.2) is 4.79 Å². The molecule has 1 atom stereocenters. The van der Waals surface area contributed by atoms with Crippen LogP contribution in [0.25, 0.3) is 0 Å². The maximum Gasteiger partial charge on any atom is 0.325 e. The van der Waals surface area contributed by atoms with Crippen molar-refractivity contribution in [2.45, 2.75) is 38.3 Å². The Labute approximate surface area is 151 Å². The molecule has 8 heteroatoms. The van der Waals surface area contributed by atoms with Gasteiger partial charge >= 0.3 is 6.03 Å². The van der Waals surface area contributed by atoms with Gasteiger partial charge in [0.05, 0.1) is 6.54 Å². The van der Waals surface area contributed by atoms with Gasteiger partial charge in [-0.1, -0.05) is 6.07 Å². The first kappa shape index (κ1) is 16.7. The molecule has 2 fully saturated rings. The van der Waals surface area contributed by atoms with Crippen LogP contribution in [0, 0.1) is 0 Å². The number of likely N-dealkylation sites (tertiary alicyclic amines) is 1. The summed E-state index contributed by atoms with van der Waals surface area (Å²) in [4.78, 5) is 39.9. The van der Waals surface area contributed by atoms with Crippen molar-refractivity contribution in [1.29, 1.82) is 0 Å². The Hall–Kier alpha value is -2.77. The molecule has 1 aromatic carbocycles. The molecule has 0 aliphatic carbocycles. The molecule has 3 aliphatic heterocycles. The molecule has 1 unspecified atom stereocenters. The molecular formula is C18H21N3O5. The number of hydrogen-bond acceptors (Lipinski definition) is 5. The van der Waals surface area contributed by atoms with Gasteiger partial charge < -0.3 is 19.7 Å². The van der Waals surface area contributed by atoms with Gasteiger partial charge in [0.2, 0.25) is 12.7 Å². The normalized spacial score (nSPS) is 21.5. The monoisotopic (exact) mass is 359 g/mol. The molecule has 1 N–H and O–H groups in total. The van der Waals surface area contributed by atoms with Crippen LogP contribution in [-0.2, 0) is 16.1 Å². The van der Waals surface area contributed by atoms with Gasteiger partial charge in [-0.05, 0) is 37.0 Å². The minimum Gasteiger partial charge on any atom is -0.454 e. The first-order chi connectivity index (χ1) is 12.6. The summed E-state index contributed by atoms with van der Waals surface area (Å²) in [6, 6.07) is 4.28. The van der Waals surface area contributed by atoms with Crippen LogP contribution in [0.15, 0.2) is 18.2 Å². The maximum atomic E-state index is 12.5. The van der Waals surface area contributed by atoms with E-state index in [1.807, 2.05) is 4.90 Å². The molecule has 4 amide bonds. The largest absolute Gasteiger partial charge is 0.454 e. The Morgan fingerprint density at radius 3 is 2.73 bits per heavy atom. The molecule has 1 aromatic rings. The molecule has 138 valence electrons. The fourth-order valence-electron chi connectivity index (χ4n) is 3.54. The number of fused-ring (bicyclic) bond motifs is 1. The van der Waals surface area contributed by atoms with E-state index >= 15 is 0 Å². The molecule has 26 heavy (non-hydrogen) atoms. The van der Waals surface area contributed by atoms with E-state index in [9.17, 15) is 14.4 Å². The average Bonchev–Trinajstić information content (AvgIpc) is 3.37. The van der Waals surface area contributed by atoms with Crippen molar-refractivity contribution in [3.63, 3.8) is 0 Å². The third kappa shape index (κ3) is 3.18. The Balaban J connectivity index is 1.35. The van der Waals surface area contributed by atoms with Crippen LogP contribution < -0.4 is 14.8 Å². The fourth-order valence-corrected chi connectivity index (χ4v) is 3.54. The second-order valence-corrected chi connectivity index (χ2v) is 6.74. The summed E-state index contributed by atoms with van der Waals surface area (Å²) >= 11 is 0. The highest BCUT2D eigenvalue weighted by atomic mass is 16.7. The third-order valence-electron chi connectivity index (χ3n) is 4.99. The summed E-state index contributed by atoms with van der Waals surface area (Å²) < 4.78 is 10.6. The molecule has 4 rings (SSSR count). The van der Waals surface area contributed by atoms with Gasteiger partial charge in [0, 0.05) is 19.5 Å². The number of imide groups is 1. The Morgan fingerprint density at radius 1 is 1.15 bits per heavy atom. The quantitative estimate of drug-likeness (QED) is 0.799. The number of carbonyl (C=O) groups excluding carboxylic acids is 3. The summed E-state index contributed by atoms with van der Waals surface area (Å²) in [6.07, 6.45) is 2.67. The highest BCUT2D eigenvalue weighted by Gasteiger charge is 2.38. The van der Waals surface area contributed by atoms with Gasteiger partial charge in [0.25, 0.3) is 5.91 Å². The van der Waals surface area contributed by atoms with E-state index in [0.717, 1.165) is 31.5 Å². The van der Waals surface area contributed by atoms with Crippen molar-refractivity contribution in [1.82, 2.24) is 15.1 Å². The van der Waals surface area contributed by atoms with E-state index in [-0.39, 0.29) is 31.6 Å². The number of benzene rings is 1. The fraction of sp³-hybridized carbons (Fsp3) is 0.500. The van der Waals surface area contributed by atoms with Crippen LogP contribution in [0.3, 0.4) is 0 Å². The smallest absolute Gasteiger partial charge is 0.325 e. The van der Waals surface area contributed by atoms with Crippen LogP contribution in [0.1, 0.15) is 31.2 Å². The van der Waals surface area contributed by atoms with Gasteiger partial charge in [-0.2, -0.15) is 0 Å². The number of hydrogen-bond donors (Lipinski definition) is 1. The number of urea groups is 1. The van der Waals surface area contributed by atoms with Crippen molar-refractivity contribution in [2.75, 3.05) is 19.9 Å². The van der Waals surface area contributed by atoms with Gasteiger partial charge in [0.15, 0.2) is 11.5 Å². The number of nitrogens with zero attached hydrogens (tertiary/aromatic N) is 2. The van der Waals surface area contributed by atoms with E-state index < -0.39 is 12.1 Å².